The van der Waals surface area contributed by atoms with Gasteiger partial charge in [0.1, 0.15) is 0 Å². The van der Waals surface area contributed by atoms with Gasteiger partial charge in [-0.15, -0.1) is 11.3 Å². The fourth-order valence-electron chi connectivity index (χ4n) is 1.81. The van der Waals surface area contributed by atoms with Crippen LogP contribution in [-0.4, -0.2) is 22.8 Å². The summed E-state index contributed by atoms with van der Waals surface area (Å²) in [7, 11) is 0. The van der Waals surface area contributed by atoms with Gasteiger partial charge in [-0.25, -0.2) is 4.79 Å². The third kappa shape index (κ3) is 1.81. The van der Waals surface area contributed by atoms with E-state index < -0.39 is 5.97 Å². The second-order valence-electron chi connectivity index (χ2n) is 3.64. The lowest BCUT2D eigenvalue weighted by Gasteiger charge is -1.98. The predicted molar refractivity (Wildman–Crippen MR) is 64.3 cm³/mol. The average Bonchev–Trinajstić information content (AvgIpc) is 2.53. The van der Waals surface area contributed by atoms with Crippen LogP contribution in [0, 0.1) is 6.92 Å². The molecule has 0 bridgehead atoms. The zero-order chi connectivity index (χ0) is 11.7. The van der Waals surface area contributed by atoms with Gasteiger partial charge in [0.15, 0.2) is 0 Å². The van der Waals surface area contributed by atoms with Crippen molar-refractivity contribution in [3.8, 4) is 0 Å². The Labute approximate surface area is 97.0 Å². The fraction of sp³-hybridized carbons (Fsp3) is 0.250. The molecule has 1 heterocycles. The van der Waals surface area contributed by atoms with E-state index in [-0.39, 0.29) is 6.61 Å². The Bertz CT molecular complexity index is 542. The quantitative estimate of drug-likeness (QED) is 0.860. The molecule has 0 aliphatic rings. The molecule has 0 aliphatic carbocycles. The third-order valence-electron chi connectivity index (χ3n) is 2.54. The van der Waals surface area contributed by atoms with Crippen LogP contribution in [0.1, 0.15) is 20.8 Å². The van der Waals surface area contributed by atoms with Crippen molar-refractivity contribution >= 4 is 27.4 Å². The maximum atomic E-state index is 11.1. The van der Waals surface area contributed by atoms with Gasteiger partial charge in [0.25, 0.3) is 0 Å². The largest absolute Gasteiger partial charge is 0.478 e. The molecule has 2 N–H and O–H groups in total. The van der Waals surface area contributed by atoms with E-state index in [1.54, 1.807) is 0 Å². The van der Waals surface area contributed by atoms with Gasteiger partial charge in [-0.1, -0.05) is 12.1 Å². The molecule has 0 atom stereocenters. The summed E-state index contributed by atoms with van der Waals surface area (Å²) in [5, 5.41) is 18.7. The molecule has 0 fully saturated rings. The maximum absolute atomic E-state index is 11.1. The molecule has 0 saturated carbocycles. The third-order valence-corrected chi connectivity index (χ3v) is 3.61. The standard InChI is InChI=1S/C12H12O3S/c1-7-11(12(14)15)9-3-2-8(4-5-13)6-10(9)16-7/h2-3,6,13H,4-5H2,1H3,(H,14,15). The molecule has 0 spiro atoms. The number of rotatable bonds is 3. The lowest BCUT2D eigenvalue weighted by molar-refractivity contribution is 0.0699. The molecular formula is C12H12O3S. The van der Waals surface area contributed by atoms with Crippen molar-refractivity contribution in [1.29, 1.82) is 0 Å². The Morgan fingerprint density at radius 3 is 2.81 bits per heavy atom. The number of aliphatic hydroxyl groups is 1. The van der Waals surface area contributed by atoms with Gasteiger partial charge < -0.3 is 10.2 Å². The molecule has 3 nitrogen and oxygen atoms in total. The monoisotopic (exact) mass is 236 g/mol. The highest BCUT2D eigenvalue weighted by Crippen LogP contribution is 2.31. The maximum Gasteiger partial charge on any atom is 0.337 e. The molecule has 0 unspecified atom stereocenters. The number of benzene rings is 1. The molecule has 0 amide bonds. The molecule has 2 aromatic rings. The van der Waals surface area contributed by atoms with Gasteiger partial charge in [0.05, 0.1) is 5.56 Å². The molecule has 4 heteroatoms. The van der Waals surface area contributed by atoms with Crippen LogP contribution in [0.15, 0.2) is 18.2 Å². The van der Waals surface area contributed by atoms with E-state index in [2.05, 4.69) is 0 Å². The topological polar surface area (TPSA) is 57.5 Å². The number of fused-ring (bicyclic) bond motifs is 1. The van der Waals surface area contributed by atoms with E-state index in [0.29, 0.717) is 12.0 Å². The number of carbonyl (C=O) groups is 1. The van der Waals surface area contributed by atoms with Crippen molar-refractivity contribution in [3.05, 3.63) is 34.2 Å². The van der Waals surface area contributed by atoms with Crippen molar-refractivity contribution in [2.24, 2.45) is 0 Å². The first-order valence-electron chi connectivity index (χ1n) is 4.99. The minimum Gasteiger partial charge on any atom is -0.478 e. The summed E-state index contributed by atoms with van der Waals surface area (Å²) < 4.78 is 0.973. The first-order valence-corrected chi connectivity index (χ1v) is 5.81. The van der Waals surface area contributed by atoms with Crippen molar-refractivity contribution in [2.75, 3.05) is 6.61 Å². The summed E-state index contributed by atoms with van der Waals surface area (Å²) in [6.07, 6.45) is 0.606. The van der Waals surface area contributed by atoms with Gasteiger partial charge in [-0.05, 0) is 25.0 Å². The molecule has 1 aromatic heterocycles. The van der Waals surface area contributed by atoms with E-state index in [0.717, 1.165) is 20.5 Å². The van der Waals surface area contributed by atoms with Crippen molar-refractivity contribution in [3.63, 3.8) is 0 Å². The molecule has 0 aliphatic heterocycles. The highest BCUT2D eigenvalue weighted by atomic mass is 32.1. The van der Waals surface area contributed by atoms with E-state index in [1.807, 2.05) is 25.1 Å². The van der Waals surface area contributed by atoms with Crippen LogP contribution < -0.4 is 0 Å². The Morgan fingerprint density at radius 2 is 2.19 bits per heavy atom. The lowest BCUT2D eigenvalue weighted by atomic mass is 10.1. The Hall–Kier alpha value is -1.39. The van der Waals surface area contributed by atoms with Crippen molar-refractivity contribution in [1.82, 2.24) is 0 Å². The van der Waals surface area contributed by atoms with E-state index >= 15 is 0 Å². The number of hydrogen-bond acceptors (Lipinski definition) is 3. The summed E-state index contributed by atoms with van der Waals surface area (Å²) in [5.74, 6) is -0.876. The summed E-state index contributed by atoms with van der Waals surface area (Å²) in [4.78, 5) is 11.9. The molecule has 16 heavy (non-hydrogen) atoms. The zero-order valence-electron chi connectivity index (χ0n) is 8.86. The molecule has 0 saturated heterocycles. The number of carboxylic acid groups (broad SMARTS) is 1. The summed E-state index contributed by atoms with van der Waals surface area (Å²) in [5.41, 5.74) is 1.43. The number of thiophene rings is 1. The normalized spacial score (nSPS) is 10.9. The van der Waals surface area contributed by atoms with Crippen molar-refractivity contribution in [2.45, 2.75) is 13.3 Å². The average molecular weight is 236 g/mol. The van der Waals surface area contributed by atoms with Gasteiger partial charge in [-0.2, -0.15) is 0 Å². The SMILES string of the molecule is Cc1sc2cc(CCO)ccc2c1C(=O)O. The fourth-order valence-corrected chi connectivity index (χ4v) is 2.93. The van der Waals surface area contributed by atoms with E-state index in [1.165, 1.54) is 11.3 Å². The lowest BCUT2D eigenvalue weighted by Crippen LogP contribution is -1.96. The van der Waals surface area contributed by atoms with Gasteiger partial charge in [0, 0.05) is 21.6 Å². The summed E-state index contributed by atoms with van der Waals surface area (Å²) >= 11 is 1.48. The summed E-state index contributed by atoms with van der Waals surface area (Å²) in [6, 6.07) is 5.65. The van der Waals surface area contributed by atoms with Crippen LogP contribution in [0.5, 0.6) is 0 Å². The van der Waals surface area contributed by atoms with Crippen LogP contribution in [0.3, 0.4) is 0 Å². The minimum atomic E-state index is -0.876. The van der Waals surface area contributed by atoms with Gasteiger partial charge in [0.2, 0.25) is 0 Å². The van der Waals surface area contributed by atoms with Crippen molar-refractivity contribution < 1.29 is 15.0 Å². The number of aromatic carboxylic acids is 1. The Kier molecular flexibility index (Phi) is 2.94. The number of aliphatic hydroxyl groups excluding tert-OH is 1. The second-order valence-corrected chi connectivity index (χ2v) is 4.90. The second kappa shape index (κ2) is 4.23. The van der Waals surface area contributed by atoms with E-state index in [4.69, 9.17) is 10.2 Å². The highest BCUT2D eigenvalue weighted by Gasteiger charge is 2.15. The smallest absolute Gasteiger partial charge is 0.337 e. The molecule has 84 valence electrons. The minimum absolute atomic E-state index is 0.113. The first-order chi connectivity index (χ1) is 7.63. The van der Waals surface area contributed by atoms with Gasteiger partial charge in [-0.3, -0.25) is 0 Å². The molecule has 1 aromatic carbocycles. The Balaban J connectivity index is 2.60. The molecule has 2 rings (SSSR count). The highest BCUT2D eigenvalue weighted by molar-refractivity contribution is 7.19. The number of aryl methyl sites for hydroxylation is 1. The van der Waals surface area contributed by atoms with Crippen LogP contribution in [0.25, 0.3) is 10.1 Å². The molecule has 0 radical (unpaired) electrons. The van der Waals surface area contributed by atoms with Gasteiger partial charge >= 0.3 is 5.97 Å². The predicted octanol–water partition coefficient (Wildman–Crippen LogP) is 2.44. The first kappa shape index (κ1) is 11.1. The van der Waals surface area contributed by atoms with Crippen LogP contribution in [-0.2, 0) is 6.42 Å². The van der Waals surface area contributed by atoms with E-state index in [9.17, 15) is 4.79 Å². The van der Waals surface area contributed by atoms with Crippen LogP contribution in [0.2, 0.25) is 0 Å². The number of carboxylic acids is 1. The number of hydrogen-bond donors (Lipinski definition) is 2. The summed E-state index contributed by atoms with van der Waals surface area (Å²) in [6.45, 7) is 1.93. The molecular weight excluding hydrogens is 224 g/mol. The Morgan fingerprint density at radius 1 is 1.44 bits per heavy atom. The zero-order valence-corrected chi connectivity index (χ0v) is 9.67. The van der Waals surface area contributed by atoms with Crippen LogP contribution in [0.4, 0.5) is 0 Å². The van der Waals surface area contributed by atoms with Crippen LogP contribution >= 0.6 is 11.3 Å².